The number of benzene rings is 1. The van der Waals surface area contributed by atoms with Gasteiger partial charge in [-0.05, 0) is 74.7 Å². The van der Waals surface area contributed by atoms with E-state index in [1.165, 1.54) is 44.1 Å². The van der Waals surface area contributed by atoms with Crippen LogP contribution in [0.5, 0.6) is 0 Å². The average Bonchev–Trinajstić information content (AvgIpc) is 2.43. The van der Waals surface area contributed by atoms with Crippen LogP contribution in [0.4, 0.5) is 0 Å². The topological polar surface area (TPSA) is 35.0 Å². The second kappa shape index (κ2) is 5.43. The van der Waals surface area contributed by atoms with Crippen LogP contribution >= 0.6 is 0 Å². The fourth-order valence-corrected chi connectivity index (χ4v) is 6.33. The van der Waals surface area contributed by atoms with Crippen molar-refractivity contribution < 1.29 is 0 Å². The molecule has 4 fully saturated rings. The number of rotatable bonds is 3. The fourth-order valence-electron chi connectivity index (χ4n) is 6.33. The molecule has 4 saturated carbocycles. The Morgan fingerprint density at radius 2 is 1.43 bits per heavy atom. The van der Waals surface area contributed by atoms with Crippen LogP contribution in [0.25, 0.3) is 0 Å². The molecule has 0 atom stereocenters. The maximum absolute atomic E-state index is 2.47. The highest BCUT2D eigenvalue weighted by molar-refractivity contribution is 5.33. The van der Waals surface area contributed by atoms with E-state index in [0.29, 0.717) is 5.41 Å². The molecule has 0 aromatic heterocycles. The van der Waals surface area contributed by atoms with E-state index in [-0.39, 0.29) is 6.15 Å². The van der Waals surface area contributed by atoms with Crippen molar-refractivity contribution in [2.75, 3.05) is 0 Å². The molecule has 3 N–H and O–H groups in total. The van der Waals surface area contributed by atoms with Gasteiger partial charge in [0.25, 0.3) is 0 Å². The Morgan fingerprint density at radius 3 is 1.90 bits per heavy atom. The number of hydrogen-bond donors (Lipinski definition) is 1. The third kappa shape index (κ3) is 2.16. The summed E-state index contributed by atoms with van der Waals surface area (Å²) in [6.45, 7) is 4.61. The summed E-state index contributed by atoms with van der Waals surface area (Å²) in [6.07, 6.45) is 10.4. The first-order valence-corrected chi connectivity index (χ1v) is 8.79. The Morgan fingerprint density at radius 1 is 0.905 bits per heavy atom. The van der Waals surface area contributed by atoms with E-state index in [0.717, 1.165) is 23.7 Å². The van der Waals surface area contributed by atoms with Crippen molar-refractivity contribution in [3.63, 3.8) is 0 Å². The molecule has 4 aliphatic rings. The van der Waals surface area contributed by atoms with Gasteiger partial charge in [0.05, 0.1) is 0 Å². The summed E-state index contributed by atoms with van der Waals surface area (Å²) in [5, 5.41) is 0. The average molecular weight is 285 g/mol. The molecule has 1 heteroatoms. The van der Waals surface area contributed by atoms with Gasteiger partial charge in [0.1, 0.15) is 0 Å². The van der Waals surface area contributed by atoms with Gasteiger partial charge in [-0.25, -0.2) is 0 Å². The van der Waals surface area contributed by atoms with Crippen LogP contribution in [-0.4, -0.2) is 0 Å². The summed E-state index contributed by atoms with van der Waals surface area (Å²) >= 11 is 0. The molecule has 1 aromatic rings. The third-order valence-corrected chi connectivity index (χ3v) is 6.85. The summed E-state index contributed by atoms with van der Waals surface area (Å²) in [6, 6.07) is 9.62. The smallest absolute Gasteiger partial charge is 0.000976 e. The molecule has 0 spiro atoms. The summed E-state index contributed by atoms with van der Waals surface area (Å²) < 4.78 is 0. The molecule has 116 valence electrons. The van der Waals surface area contributed by atoms with E-state index in [1.54, 1.807) is 12.0 Å². The Bertz CT molecular complexity index is 459. The van der Waals surface area contributed by atoms with E-state index in [9.17, 15) is 0 Å². The molecule has 5 rings (SSSR count). The summed E-state index contributed by atoms with van der Waals surface area (Å²) in [5.74, 6) is 4.13. The molecule has 0 amide bonds. The minimum atomic E-state index is 0. The van der Waals surface area contributed by atoms with Gasteiger partial charge in [0.15, 0.2) is 0 Å². The van der Waals surface area contributed by atoms with Crippen LogP contribution < -0.4 is 6.15 Å². The van der Waals surface area contributed by atoms with Gasteiger partial charge in [-0.15, -0.1) is 0 Å². The van der Waals surface area contributed by atoms with Gasteiger partial charge in [0, 0.05) is 5.41 Å². The van der Waals surface area contributed by atoms with E-state index >= 15 is 0 Å². The monoisotopic (exact) mass is 285 g/mol. The summed E-state index contributed by atoms with van der Waals surface area (Å²) in [4.78, 5) is 0. The third-order valence-electron chi connectivity index (χ3n) is 6.85. The maximum atomic E-state index is 2.47. The van der Waals surface area contributed by atoms with Crippen molar-refractivity contribution in [1.82, 2.24) is 6.15 Å². The SMILES string of the molecule is CCCC1(c2ccc(C)cc2)C2CC3CC(C2)CC1C3.N. The van der Waals surface area contributed by atoms with Gasteiger partial charge in [-0.2, -0.15) is 0 Å². The van der Waals surface area contributed by atoms with Crippen molar-refractivity contribution in [3.8, 4) is 0 Å². The molecule has 0 unspecified atom stereocenters. The Kier molecular flexibility index (Phi) is 3.90. The predicted molar refractivity (Wildman–Crippen MR) is 89.8 cm³/mol. The van der Waals surface area contributed by atoms with Crippen LogP contribution in [0.1, 0.15) is 63.0 Å². The molecule has 0 saturated heterocycles. The molecular formula is C20H31N. The first kappa shape index (κ1) is 15.1. The zero-order valence-electron chi connectivity index (χ0n) is 13.8. The van der Waals surface area contributed by atoms with E-state index in [4.69, 9.17) is 0 Å². The van der Waals surface area contributed by atoms with Gasteiger partial charge < -0.3 is 6.15 Å². The molecule has 0 radical (unpaired) electrons. The minimum absolute atomic E-state index is 0. The molecule has 1 aromatic carbocycles. The first-order valence-electron chi connectivity index (χ1n) is 8.79. The molecule has 0 heterocycles. The van der Waals surface area contributed by atoms with E-state index in [1.807, 2.05) is 0 Å². The molecule has 4 aliphatic carbocycles. The van der Waals surface area contributed by atoms with Gasteiger partial charge in [-0.1, -0.05) is 43.2 Å². The lowest BCUT2D eigenvalue weighted by molar-refractivity contribution is -0.0653. The van der Waals surface area contributed by atoms with E-state index < -0.39 is 0 Å². The largest absolute Gasteiger partial charge is 0.344 e. The highest BCUT2D eigenvalue weighted by atomic mass is 14.6. The first-order chi connectivity index (χ1) is 9.72. The van der Waals surface area contributed by atoms with Gasteiger partial charge >= 0.3 is 0 Å². The lowest BCUT2D eigenvalue weighted by Gasteiger charge is -2.62. The highest BCUT2D eigenvalue weighted by Gasteiger charge is 2.56. The second-order valence-electron chi connectivity index (χ2n) is 7.96. The maximum Gasteiger partial charge on any atom is 0.000976 e. The Labute approximate surface area is 130 Å². The zero-order chi connectivity index (χ0) is 13.7. The number of aryl methyl sites for hydroxylation is 1. The van der Waals surface area contributed by atoms with E-state index in [2.05, 4.69) is 38.1 Å². The van der Waals surface area contributed by atoms with Gasteiger partial charge in [0.2, 0.25) is 0 Å². The van der Waals surface area contributed by atoms with Crippen LogP contribution in [0.15, 0.2) is 24.3 Å². The summed E-state index contributed by atoms with van der Waals surface area (Å²) in [5.41, 5.74) is 3.62. The number of hydrogen-bond acceptors (Lipinski definition) is 1. The molecule has 0 aliphatic heterocycles. The molecule has 4 bridgehead atoms. The molecule has 1 nitrogen and oxygen atoms in total. The second-order valence-corrected chi connectivity index (χ2v) is 7.96. The van der Waals surface area contributed by atoms with Crippen LogP contribution in [0, 0.1) is 30.6 Å². The Hall–Kier alpha value is -0.820. The lowest BCUT2D eigenvalue weighted by Crippen LogP contribution is -2.55. The molecule has 21 heavy (non-hydrogen) atoms. The van der Waals surface area contributed by atoms with Crippen molar-refractivity contribution >= 4 is 0 Å². The Balaban J connectivity index is 0.00000132. The highest BCUT2D eigenvalue weighted by Crippen LogP contribution is 2.64. The van der Waals surface area contributed by atoms with Crippen LogP contribution in [-0.2, 0) is 5.41 Å². The van der Waals surface area contributed by atoms with Gasteiger partial charge in [-0.3, -0.25) is 0 Å². The zero-order valence-corrected chi connectivity index (χ0v) is 13.8. The minimum Gasteiger partial charge on any atom is -0.344 e. The normalized spacial score (nSPS) is 40.1. The predicted octanol–water partition coefficient (Wildman–Crippen LogP) is 5.65. The van der Waals surface area contributed by atoms with Crippen molar-refractivity contribution in [1.29, 1.82) is 0 Å². The van der Waals surface area contributed by atoms with Crippen molar-refractivity contribution in [2.45, 2.75) is 64.2 Å². The quantitative estimate of drug-likeness (QED) is 0.765. The van der Waals surface area contributed by atoms with Crippen LogP contribution in [0.3, 0.4) is 0 Å². The summed E-state index contributed by atoms with van der Waals surface area (Å²) in [7, 11) is 0. The molecular weight excluding hydrogens is 254 g/mol. The van der Waals surface area contributed by atoms with Crippen molar-refractivity contribution in [3.05, 3.63) is 35.4 Å². The van der Waals surface area contributed by atoms with Crippen molar-refractivity contribution in [2.24, 2.45) is 23.7 Å². The van der Waals surface area contributed by atoms with Crippen LogP contribution in [0.2, 0.25) is 0 Å². The fraction of sp³-hybridized carbons (Fsp3) is 0.700. The lowest BCUT2D eigenvalue weighted by atomic mass is 9.43. The standard InChI is InChI=1S/C20H28.H3N/c1-3-8-20(17-6-4-14(2)5-7-17)18-10-15-9-16(12-18)13-19(20)11-15;/h4-7,15-16,18-19H,3,8-13H2,1-2H3;1H3.